The summed E-state index contributed by atoms with van der Waals surface area (Å²) in [7, 11) is 1.60. The number of hydrogen-bond donors (Lipinski definition) is 1. The molecule has 0 fully saturated rings. The quantitative estimate of drug-likeness (QED) is 0.126. The SMILES string of the molecule is C.C.CCCCCCOC(=O)C(Cc1ccc(OC(=O)CC(C)=O)cc1)NC(=O)CCc1ccc(OC)cc1. The van der Waals surface area contributed by atoms with E-state index in [1.807, 2.05) is 24.3 Å². The summed E-state index contributed by atoms with van der Waals surface area (Å²) in [5.41, 5.74) is 1.75. The number of nitrogens with one attached hydrogen (secondary N) is 1. The zero-order chi connectivity index (χ0) is 27.0. The van der Waals surface area contributed by atoms with Crippen molar-refractivity contribution in [3.8, 4) is 11.5 Å². The predicted octanol–water partition coefficient (Wildman–Crippen LogP) is 5.64. The average Bonchev–Trinajstić information content (AvgIpc) is 2.87. The molecule has 39 heavy (non-hydrogen) atoms. The number of benzene rings is 2. The number of esters is 2. The van der Waals surface area contributed by atoms with E-state index in [1.54, 1.807) is 31.4 Å². The Kier molecular flexibility index (Phi) is 17.6. The number of hydrogen-bond acceptors (Lipinski definition) is 7. The molecule has 2 aromatic rings. The van der Waals surface area contributed by atoms with Gasteiger partial charge in [0.2, 0.25) is 5.91 Å². The summed E-state index contributed by atoms with van der Waals surface area (Å²) in [5.74, 6) is -0.595. The second kappa shape index (κ2) is 19.4. The average molecular weight is 544 g/mol. The topological polar surface area (TPSA) is 108 Å². The predicted molar refractivity (Wildman–Crippen MR) is 153 cm³/mol. The van der Waals surface area contributed by atoms with E-state index in [4.69, 9.17) is 14.2 Å². The van der Waals surface area contributed by atoms with Crippen LogP contribution in [0.1, 0.15) is 78.4 Å². The van der Waals surface area contributed by atoms with Gasteiger partial charge >= 0.3 is 11.9 Å². The highest BCUT2D eigenvalue weighted by atomic mass is 16.5. The zero-order valence-corrected chi connectivity index (χ0v) is 21.9. The fraction of sp³-hybridized carbons (Fsp3) is 0.484. The van der Waals surface area contributed by atoms with E-state index in [0.717, 1.165) is 42.6 Å². The Balaban J connectivity index is 0.00000722. The molecule has 0 aromatic heterocycles. The third kappa shape index (κ3) is 14.2. The molecule has 0 aliphatic carbocycles. The van der Waals surface area contributed by atoms with Crippen LogP contribution in [0, 0.1) is 0 Å². The second-order valence-corrected chi connectivity index (χ2v) is 8.90. The van der Waals surface area contributed by atoms with Crippen LogP contribution < -0.4 is 14.8 Å². The monoisotopic (exact) mass is 543 g/mol. The minimum Gasteiger partial charge on any atom is -0.497 e. The largest absolute Gasteiger partial charge is 0.497 e. The summed E-state index contributed by atoms with van der Waals surface area (Å²) in [6.07, 6.45) is 4.59. The first-order valence-electron chi connectivity index (χ1n) is 12.7. The molecule has 216 valence electrons. The third-order valence-corrected chi connectivity index (χ3v) is 5.65. The number of Topliss-reactive ketones (excluding diaryl/α,β-unsaturated/α-hetero) is 1. The van der Waals surface area contributed by atoms with Gasteiger partial charge in [-0.15, -0.1) is 0 Å². The fourth-order valence-electron chi connectivity index (χ4n) is 3.61. The van der Waals surface area contributed by atoms with E-state index in [9.17, 15) is 19.2 Å². The molecule has 0 saturated heterocycles. The van der Waals surface area contributed by atoms with Crippen molar-refractivity contribution in [3.05, 3.63) is 59.7 Å². The summed E-state index contributed by atoms with van der Waals surface area (Å²) in [6, 6.07) is 13.2. The van der Waals surface area contributed by atoms with Gasteiger partial charge in [-0.25, -0.2) is 4.79 Å². The molecule has 2 rings (SSSR count). The van der Waals surface area contributed by atoms with Gasteiger partial charge in [-0.3, -0.25) is 14.4 Å². The van der Waals surface area contributed by atoms with E-state index in [2.05, 4.69) is 12.2 Å². The second-order valence-electron chi connectivity index (χ2n) is 8.90. The van der Waals surface area contributed by atoms with E-state index in [1.165, 1.54) is 6.92 Å². The molecule has 2 aromatic carbocycles. The van der Waals surface area contributed by atoms with Crippen LogP contribution in [0.2, 0.25) is 0 Å². The van der Waals surface area contributed by atoms with Gasteiger partial charge in [0.1, 0.15) is 29.7 Å². The number of rotatable bonds is 16. The van der Waals surface area contributed by atoms with Gasteiger partial charge in [0.15, 0.2) is 0 Å². The molecule has 0 spiro atoms. The van der Waals surface area contributed by atoms with Gasteiger partial charge < -0.3 is 19.5 Å². The molecule has 1 unspecified atom stereocenters. The highest BCUT2D eigenvalue weighted by molar-refractivity contribution is 5.94. The normalized spacial score (nSPS) is 10.7. The van der Waals surface area contributed by atoms with Gasteiger partial charge in [-0.05, 0) is 55.2 Å². The van der Waals surface area contributed by atoms with Gasteiger partial charge in [0.25, 0.3) is 0 Å². The molecule has 0 bridgehead atoms. The standard InChI is InChI=1S/C29H37NO7.2CH4/c1-4-5-6-7-18-36-29(34)26(30-27(32)17-12-22-8-13-24(35-3)14-9-22)20-23-10-15-25(16-11-23)37-28(33)19-21(2)31;;/h8-11,13-16,26H,4-7,12,17-20H2,1-3H3,(H,30,32);2*1H4. The van der Waals surface area contributed by atoms with Gasteiger partial charge in [0, 0.05) is 12.8 Å². The van der Waals surface area contributed by atoms with Crippen LogP contribution in [0.4, 0.5) is 0 Å². The number of carbonyl (C=O) groups is 4. The van der Waals surface area contributed by atoms with Crippen molar-refractivity contribution in [3.63, 3.8) is 0 Å². The van der Waals surface area contributed by atoms with E-state index >= 15 is 0 Å². The lowest BCUT2D eigenvalue weighted by molar-refractivity contribution is -0.148. The highest BCUT2D eigenvalue weighted by Gasteiger charge is 2.23. The number of amides is 1. The molecule has 8 heteroatoms. The van der Waals surface area contributed by atoms with Gasteiger partial charge in [-0.2, -0.15) is 0 Å². The third-order valence-electron chi connectivity index (χ3n) is 5.65. The first-order valence-corrected chi connectivity index (χ1v) is 12.7. The lowest BCUT2D eigenvalue weighted by Gasteiger charge is -2.18. The van der Waals surface area contributed by atoms with Crippen molar-refractivity contribution in [2.45, 2.75) is 86.1 Å². The Morgan fingerprint density at radius 3 is 2.05 bits per heavy atom. The Labute approximate surface area is 233 Å². The van der Waals surface area contributed by atoms with Crippen LogP contribution in [-0.2, 0) is 36.8 Å². The van der Waals surface area contributed by atoms with Crippen molar-refractivity contribution in [2.75, 3.05) is 13.7 Å². The van der Waals surface area contributed by atoms with Crippen molar-refractivity contribution in [1.29, 1.82) is 0 Å². The molecular weight excluding hydrogens is 498 g/mol. The molecule has 8 nitrogen and oxygen atoms in total. The minimum atomic E-state index is -0.847. The smallest absolute Gasteiger partial charge is 0.328 e. The number of unbranched alkanes of at least 4 members (excludes halogenated alkanes) is 3. The maximum absolute atomic E-state index is 12.8. The van der Waals surface area contributed by atoms with Crippen LogP contribution >= 0.6 is 0 Å². The van der Waals surface area contributed by atoms with Crippen molar-refractivity contribution < 1.29 is 33.4 Å². The van der Waals surface area contributed by atoms with Crippen LogP contribution in [0.15, 0.2) is 48.5 Å². The summed E-state index contributed by atoms with van der Waals surface area (Å²) in [4.78, 5) is 48.3. The Morgan fingerprint density at radius 2 is 1.46 bits per heavy atom. The summed E-state index contributed by atoms with van der Waals surface area (Å²) in [6.45, 7) is 3.74. The summed E-state index contributed by atoms with van der Waals surface area (Å²) in [5, 5.41) is 2.82. The molecule has 0 radical (unpaired) electrons. The maximum atomic E-state index is 12.8. The van der Waals surface area contributed by atoms with Gasteiger partial charge in [0.05, 0.1) is 13.7 Å². The Bertz CT molecular complexity index is 1020. The molecule has 0 saturated carbocycles. The zero-order valence-electron chi connectivity index (χ0n) is 21.9. The Hall–Kier alpha value is -3.68. The lowest BCUT2D eigenvalue weighted by atomic mass is 10.0. The van der Waals surface area contributed by atoms with Crippen LogP contribution in [0.5, 0.6) is 11.5 Å². The summed E-state index contributed by atoms with van der Waals surface area (Å²) >= 11 is 0. The molecule has 0 aliphatic rings. The highest BCUT2D eigenvalue weighted by Crippen LogP contribution is 2.16. The molecule has 1 amide bonds. The number of aryl methyl sites for hydroxylation is 1. The van der Waals surface area contributed by atoms with Crippen molar-refractivity contribution in [1.82, 2.24) is 5.32 Å². The molecular formula is C31H45NO7. The van der Waals surface area contributed by atoms with Crippen LogP contribution in [0.3, 0.4) is 0 Å². The first-order chi connectivity index (χ1) is 17.8. The minimum absolute atomic E-state index is 0. The molecule has 0 heterocycles. The molecule has 0 aliphatic heterocycles. The van der Waals surface area contributed by atoms with Crippen molar-refractivity contribution >= 4 is 23.6 Å². The number of methoxy groups -OCH3 is 1. The number of ether oxygens (including phenoxy) is 3. The summed E-state index contributed by atoms with van der Waals surface area (Å²) < 4.78 is 15.8. The van der Waals surface area contributed by atoms with E-state index in [0.29, 0.717) is 18.8 Å². The van der Waals surface area contributed by atoms with E-state index in [-0.39, 0.29) is 45.8 Å². The lowest BCUT2D eigenvalue weighted by Crippen LogP contribution is -2.43. The molecule has 1 atom stereocenters. The fourth-order valence-corrected chi connectivity index (χ4v) is 3.61. The Morgan fingerprint density at radius 1 is 0.846 bits per heavy atom. The van der Waals surface area contributed by atoms with Crippen LogP contribution in [0.25, 0.3) is 0 Å². The van der Waals surface area contributed by atoms with Crippen LogP contribution in [-0.4, -0.2) is 43.4 Å². The first kappa shape index (κ1) is 35.3. The van der Waals surface area contributed by atoms with Crippen molar-refractivity contribution in [2.24, 2.45) is 0 Å². The van der Waals surface area contributed by atoms with Gasteiger partial charge in [-0.1, -0.05) is 65.3 Å². The maximum Gasteiger partial charge on any atom is 0.328 e. The molecule has 1 N–H and O–H groups in total. The number of carbonyl (C=O) groups excluding carboxylic acids is 4. The van der Waals surface area contributed by atoms with E-state index < -0.39 is 18.0 Å². The number of ketones is 1.